The van der Waals surface area contributed by atoms with Gasteiger partial charge in [-0.1, -0.05) is 29.8 Å². The summed E-state index contributed by atoms with van der Waals surface area (Å²) >= 11 is 6.09. The zero-order valence-corrected chi connectivity index (χ0v) is 19.5. The third-order valence-corrected chi connectivity index (χ3v) is 5.27. The number of hydrogen-bond donors (Lipinski definition) is 2. The number of aryl methyl sites for hydroxylation is 2. The maximum Gasteiger partial charge on any atom is 0.273 e. The van der Waals surface area contributed by atoms with Crippen LogP contribution in [0.3, 0.4) is 0 Å². The minimum absolute atomic E-state index is 0.175. The predicted octanol–water partition coefficient (Wildman–Crippen LogP) is 4.99. The molecule has 0 unspecified atom stereocenters. The normalized spacial score (nSPS) is 10.7. The van der Waals surface area contributed by atoms with Crippen LogP contribution in [0.4, 0.5) is 5.69 Å². The van der Waals surface area contributed by atoms with E-state index in [1.165, 1.54) is 25.8 Å². The molecule has 3 rings (SSSR count). The van der Waals surface area contributed by atoms with Gasteiger partial charge in [-0.15, -0.1) is 0 Å². The third-order valence-electron chi connectivity index (χ3n) is 5.03. The zero-order valence-electron chi connectivity index (χ0n) is 18.7. The monoisotopic (exact) mass is 465 g/mol. The number of amides is 2. The van der Waals surface area contributed by atoms with E-state index >= 15 is 0 Å². The van der Waals surface area contributed by atoms with E-state index < -0.39 is 11.8 Å². The summed E-state index contributed by atoms with van der Waals surface area (Å²) in [5, 5.41) is 7.12. The summed E-state index contributed by atoms with van der Waals surface area (Å²) in [6.07, 6.45) is 1.55. The standard InChI is InChI=1S/C25H24ClN3O4/c1-15-5-6-17(11-16(15)2)14-27-29-25(31)20-13-19(26)8-9-21(20)28-24(30)18-7-10-22(32-3)23(12-18)33-4/h5-14H,1-4H3,(H,28,30)(H,29,31)/b27-14+. The lowest BCUT2D eigenvalue weighted by molar-refractivity contribution is 0.0956. The molecular weight excluding hydrogens is 442 g/mol. The zero-order chi connectivity index (χ0) is 24.0. The summed E-state index contributed by atoms with van der Waals surface area (Å²) in [4.78, 5) is 25.6. The van der Waals surface area contributed by atoms with Crippen molar-refractivity contribution in [1.29, 1.82) is 0 Å². The third kappa shape index (κ3) is 5.90. The number of carbonyl (C=O) groups excluding carboxylic acids is 2. The summed E-state index contributed by atoms with van der Waals surface area (Å²) in [6, 6.07) is 15.3. The number of ether oxygens (including phenoxy) is 2. The second-order valence-electron chi connectivity index (χ2n) is 7.26. The molecule has 7 nitrogen and oxygen atoms in total. The number of methoxy groups -OCH3 is 2. The first-order valence-electron chi connectivity index (χ1n) is 10.1. The molecule has 0 aliphatic carbocycles. The first kappa shape index (κ1) is 23.8. The maximum absolute atomic E-state index is 12.8. The number of hydrogen-bond acceptors (Lipinski definition) is 5. The van der Waals surface area contributed by atoms with Crippen LogP contribution < -0.4 is 20.2 Å². The van der Waals surface area contributed by atoms with Gasteiger partial charge in [-0.3, -0.25) is 9.59 Å². The van der Waals surface area contributed by atoms with Crippen LogP contribution in [-0.2, 0) is 0 Å². The lowest BCUT2D eigenvalue weighted by Gasteiger charge is -2.12. The fourth-order valence-corrected chi connectivity index (χ4v) is 3.23. The summed E-state index contributed by atoms with van der Waals surface area (Å²) in [5.41, 5.74) is 6.43. The molecule has 0 radical (unpaired) electrons. The Morgan fingerprint density at radius 1 is 0.879 bits per heavy atom. The second kappa shape index (κ2) is 10.7. The van der Waals surface area contributed by atoms with E-state index in [4.69, 9.17) is 21.1 Å². The van der Waals surface area contributed by atoms with E-state index in [0.29, 0.717) is 22.1 Å². The van der Waals surface area contributed by atoms with Crippen molar-refractivity contribution in [2.75, 3.05) is 19.5 Å². The fourth-order valence-electron chi connectivity index (χ4n) is 3.06. The molecule has 2 N–H and O–H groups in total. The van der Waals surface area contributed by atoms with E-state index in [-0.39, 0.29) is 11.3 Å². The maximum atomic E-state index is 12.8. The van der Waals surface area contributed by atoms with Gasteiger partial charge in [0.15, 0.2) is 11.5 Å². The van der Waals surface area contributed by atoms with E-state index in [1.54, 1.807) is 36.5 Å². The molecule has 0 bridgehead atoms. The van der Waals surface area contributed by atoms with E-state index in [1.807, 2.05) is 32.0 Å². The molecule has 0 saturated carbocycles. The highest BCUT2D eigenvalue weighted by Gasteiger charge is 2.16. The molecular formula is C25H24ClN3O4. The van der Waals surface area contributed by atoms with Gasteiger partial charge < -0.3 is 14.8 Å². The molecule has 8 heteroatoms. The average Bonchev–Trinajstić information content (AvgIpc) is 2.81. The number of carbonyl (C=O) groups is 2. The van der Waals surface area contributed by atoms with Crippen LogP contribution in [0, 0.1) is 13.8 Å². The number of nitrogens with one attached hydrogen (secondary N) is 2. The molecule has 33 heavy (non-hydrogen) atoms. The molecule has 2 amide bonds. The number of anilines is 1. The van der Waals surface area contributed by atoms with Crippen molar-refractivity contribution in [2.24, 2.45) is 5.10 Å². The summed E-state index contributed by atoms with van der Waals surface area (Å²) in [5.74, 6) is -0.0201. The molecule has 0 fully saturated rings. The first-order chi connectivity index (χ1) is 15.8. The van der Waals surface area contributed by atoms with Crippen LogP contribution in [0.15, 0.2) is 59.7 Å². The number of halogens is 1. The van der Waals surface area contributed by atoms with Crippen molar-refractivity contribution in [1.82, 2.24) is 5.43 Å². The van der Waals surface area contributed by atoms with E-state index in [9.17, 15) is 9.59 Å². The second-order valence-corrected chi connectivity index (χ2v) is 7.69. The van der Waals surface area contributed by atoms with Crippen molar-refractivity contribution in [2.45, 2.75) is 13.8 Å². The van der Waals surface area contributed by atoms with Gasteiger partial charge in [-0.2, -0.15) is 5.10 Å². The molecule has 0 aromatic heterocycles. The van der Waals surface area contributed by atoms with Crippen LogP contribution in [0.1, 0.15) is 37.4 Å². The first-order valence-corrected chi connectivity index (χ1v) is 10.4. The Bertz CT molecular complexity index is 1220. The van der Waals surface area contributed by atoms with Crippen molar-refractivity contribution in [3.8, 4) is 11.5 Å². The van der Waals surface area contributed by atoms with Crippen LogP contribution >= 0.6 is 11.6 Å². The highest BCUT2D eigenvalue weighted by Crippen LogP contribution is 2.28. The molecule has 170 valence electrons. The van der Waals surface area contributed by atoms with Gasteiger partial charge in [0.1, 0.15) is 0 Å². The Hall–Kier alpha value is -3.84. The lowest BCUT2D eigenvalue weighted by atomic mass is 10.1. The molecule has 0 saturated heterocycles. The Kier molecular flexibility index (Phi) is 7.69. The fraction of sp³-hybridized carbons (Fsp3) is 0.160. The highest BCUT2D eigenvalue weighted by atomic mass is 35.5. The van der Waals surface area contributed by atoms with Gasteiger partial charge in [0.25, 0.3) is 11.8 Å². The number of benzene rings is 3. The Labute approximate surface area is 197 Å². The molecule has 0 aliphatic heterocycles. The van der Waals surface area contributed by atoms with Crippen molar-refractivity contribution in [3.63, 3.8) is 0 Å². The van der Waals surface area contributed by atoms with Crippen LogP contribution in [-0.4, -0.2) is 32.2 Å². The Morgan fingerprint density at radius 3 is 2.33 bits per heavy atom. The Morgan fingerprint density at radius 2 is 1.64 bits per heavy atom. The summed E-state index contributed by atoms with van der Waals surface area (Å²) < 4.78 is 10.4. The molecule has 3 aromatic rings. The Balaban J connectivity index is 1.78. The largest absolute Gasteiger partial charge is 0.493 e. The van der Waals surface area contributed by atoms with Gasteiger partial charge in [0.2, 0.25) is 0 Å². The van der Waals surface area contributed by atoms with Crippen molar-refractivity contribution < 1.29 is 19.1 Å². The van der Waals surface area contributed by atoms with Gasteiger partial charge in [0, 0.05) is 10.6 Å². The van der Waals surface area contributed by atoms with Crippen LogP contribution in [0.5, 0.6) is 11.5 Å². The molecule has 0 heterocycles. The topological polar surface area (TPSA) is 89.0 Å². The van der Waals surface area contributed by atoms with Crippen molar-refractivity contribution >= 4 is 35.3 Å². The van der Waals surface area contributed by atoms with Crippen LogP contribution in [0.25, 0.3) is 0 Å². The van der Waals surface area contributed by atoms with E-state index in [2.05, 4.69) is 15.8 Å². The van der Waals surface area contributed by atoms with Gasteiger partial charge in [0.05, 0.1) is 31.7 Å². The van der Waals surface area contributed by atoms with Gasteiger partial charge in [-0.25, -0.2) is 5.43 Å². The van der Waals surface area contributed by atoms with Gasteiger partial charge >= 0.3 is 0 Å². The number of nitrogens with zero attached hydrogens (tertiary/aromatic N) is 1. The molecule has 0 atom stereocenters. The van der Waals surface area contributed by atoms with Crippen molar-refractivity contribution in [3.05, 3.63) is 87.4 Å². The number of rotatable bonds is 7. The minimum Gasteiger partial charge on any atom is -0.493 e. The highest BCUT2D eigenvalue weighted by molar-refractivity contribution is 6.31. The quantitative estimate of drug-likeness (QED) is 0.380. The number of hydrazone groups is 1. The summed E-state index contributed by atoms with van der Waals surface area (Å²) in [7, 11) is 3.00. The van der Waals surface area contributed by atoms with Crippen LogP contribution in [0.2, 0.25) is 5.02 Å². The summed E-state index contributed by atoms with van der Waals surface area (Å²) in [6.45, 7) is 4.03. The minimum atomic E-state index is -0.514. The molecule has 0 spiro atoms. The molecule has 3 aromatic carbocycles. The van der Waals surface area contributed by atoms with Gasteiger partial charge in [-0.05, 0) is 66.9 Å². The SMILES string of the molecule is COc1ccc(C(=O)Nc2ccc(Cl)cc2C(=O)N/N=C/c2ccc(C)c(C)c2)cc1OC. The smallest absolute Gasteiger partial charge is 0.273 e. The van der Waals surface area contributed by atoms with E-state index in [0.717, 1.165) is 11.1 Å². The predicted molar refractivity (Wildman–Crippen MR) is 130 cm³/mol. The average molecular weight is 466 g/mol. The lowest BCUT2D eigenvalue weighted by Crippen LogP contribution is -2.21. The molecule has 0 aliphatic rings.